The standard InChI is InChI=1S/C11H8Br2N2/c1-7-10(13)8(12)6-15-11(7)9-4-2-3-5-14-9/h2-6H,1H3. The summed E-state index contributed by atoms with van der Waals surface area (Å²) in [4.78, 5) is 8.65. The van der Waals surface area contributed by atoms with Gasteiger partial charge in [0, 0.05) is 16.9 Å². The third-order valence-electron chi connectivity index (χ3n) is 2.11. The van der Waals surface area contributed by atoms with Gasteiger partial charge >= 0.3 is 0 Å². The molecule has 76 valence electrons. The van der Waals surface area contributed by atoms with Crippen LogP contribution in [0.2, 0.25) is 0 Å². The molecule has 2 aromatic heterocycles. The zero-order valence-corrected chi connectivity index (χ0v) is 11.2. The third-order valence-corrected chi connectivity index (χ3v) is 4.26. The van der Waals surface area contributed by atoms with E-state index in [-0.39, 0.29) is 0 Å². The smallest absolute Gasteiger partial charge is 0.0927 e. The first-order chi connectivity index (χ1) is 7.20. The van der Waals surface area contributed by atoms with E-state index in [4.69, 9.17) is 0 Å². The first-order valence-electron chi connectivity index (χ1n) is 4.42. The number of rotatable bonds is 1. The quantitative estimate of drug-likeness (QED) is 0.791. The molecule has 0 spiro atoms. The molecule has 2 rings (SSSR count). The second kappa shape index (κ2) is 4.41. The van der Waals surface area contributed by atoms with Gasteiger partial charge in [-0.1, -0.05) is 6.07 Å². The van der Waals surface area contributed by atoms with Gasteiger partial charge in [0.1, 0.15) is 0 Å². The Morgan fingerprint density at radius 2 is 1.93 bits per heavy atom. The lowest BCUT2D eigenvalue weighted by molar-refractivity contribution is 1.19. The largest absolute Gasteiger partial charge is 0.255 e. The fourth-order valence-corrected chi connectivity index (χ4v) is 2.01. The summed E-state index contributed by atoms with van der Waals surface area (Å²) in [5.41, 5.74) is 2.89. The molecular formula is C11H8Br2N2. The van der Waals surface area contributed by atoms with Crippen LogP contribution in [-0.4, -0.2) is 9.97 Å². The molecule has 0 atom stereocenters. The molecule has 4 heteroatoms. The molecule has 0 amide bonds. The van der Waals surface area contributed by atoms with Gasteiger partial charge in [-0.2, -0.15) is 0 Å². The Balaban J connectivity index is 2.60. The van der Waals surface area contributed by atoms with Crippen molar-refractivity contribution in [3.05, 3.63) is 45.1 Å². The van der Waals surface area contributed by atoms with Gasteiger partial charge in [0.05, 0.1) is 15.9 Å². The molecule has 0 aliphatic carbocycles. The van der Waals surface area contributed by atoms with E-state index in [1.165, 1.54) is 0 Å². The summed E-state index contributed by atoms with van der Waals surface area (Å²) in [6, 6.07) is 5.81. The highest BCUT2D eigenvalue weighted by Crippen LogP contribution is 2.30. The van der Waals surface area contributed by atoms with Crippen LogP contribution in [0.15, 0.2) is 39.5 Å². The number of hydrogen-bond donors (Lipinski definition) is 0. The highest BCUT2D eigenvalue weighted by atomic mass is 79.9. The molecule has 2 aromatic rings. The highest BCUT2D eigenvalue weighted by Gasteiger charge is 2.09. The average molecular weight is 328 g/mol. The number of halogens is 2. The van der Waals surface area contributed by atoms with Gasteiger partial charge in [-0.05, 0) is 56.5 Å². The Labute approximate surface area is 105 Å². The summed E-state index contributed by atoms with van der Waals surface area (Å²) in [5, 5.41) is 0. The normalized spacial score (nSPS) is 10.3. The van der Waals surface area contributed by atoms with Crippen LogP contribution in [0.4, 0.5) is 0 Å². The Bertz CT molecular complexity index is 483. The molecule has 0 aromatic carbocycles. The average Bonchev–Trinajstić information content (AvgIpc) is 2.27. The number of hydrogen-bond acceptors (Lipinski definition) is 2. The van der Waals surface area contributed by atoms with E-state index in [0.29, 0.717) is 0 Å². The van der Waals surface area contributed by atoms with Gasteiger partial charge < -0.3 is 0 Å². The molecule has 2 nitrogen and oxygen atoms in total. The van der Waals surface area contributed by atoms with Crippen LogP contribution in [-0.2, 0) is 0 Å². The maximum atomic E-state index is 4.37. The van der Waals surface area contributed by atoms with Gasteiger partial charge in [-0.15, -0.1) is 0 Å². The van der Waals surface area contributed by atoms with Crippen molar-refractivity contribution in [2.45, 2.75) is 6.92 Å². The van der Waals surface area contributed by atoms with Crippen LogP contribution in [0.3, 0.4) is 0 Å². The van der Waals surface area contributed by atoms with Crippen LogP contribution in [0.1, 0.15) is 5.56 Å². The molecule has 0 fully saturated rings. The van der Waals surface area contributed by atoms with Crippen molar-refractivity contribution in [2.24, 2.45) is 0 Å². The van der Waals surface area contributed by atoms with Crippen LogP contribution in [0.5, 0.6) is 0 Å². The van der Waals surface area contributed by atoms with Crippen molar-refractivity contribution >= 4 is 31.9 Å². The minimum absolute atomic E-state index is 0.892. The molecule has 0 saturated carbocycles. The van der Waals surface area contributed by atoms with Crippen LogP contribution >= 0.6 is 31.9 Å². The molecule has 0 saturated heterocycles. The molecule has 0 aliphatic rings. The molecule has 0 aliphatic heterocycles. The van der Waals surface area contributed by atoms with Crippen molar-refractivity contribution < 1.29 is 0 Å². The van der Waals surface area contributed by atoms with Gasteiger partial charge in [0.15, 0.2) is 0 Å². The maximum Gasteiger partial charge on any atom is 0.0927 e. The van der Waals surface area contributed by atoms with E-state index in [1.54, 1.807) is 12.4 Å². The Kier molecular flexibility index (Phi) is 3.17. The van der Waals surface area contributed by atoms with E-state index < -0.39 is 0 Å². The van der Waals surface area contributed by atoms with Crippen molar-refractivity contribution in [3.63, 3.8) is 0 Å². The van der Waals surface area contributed by atoms with Gasteiger partial charge in [0.2, 0.25) is 0 Å². The Hall–Kier alpha value is -0.740. The summed E-state index contributed by atoms with van der Waals surface area (Å²) in [7, 11) is 0. The van der Waals surface area contributed by atoms with E-state index in [9.17, 15) is 0 Å². The monoisotopic (exact) mass is 326 g/mol. The van der Waals surface area contributed by atoms with Crippen LogP contribution in [0, 0.1) is 6.92 Å². The minimum atomic E-state index is 0.892. The topological polar surface area (TPSA) is 25.8 Å². The van der Waals surface area contributed by atoms with Crippen molar-refractivity contribution in [3.8, 4) is 11.4 Å². The fraction of sp³-hybridized carbons (Fsp3) is 0.0909. The predicted molar refractivity (Wildman–Crippen MR) is 67.6 cm³/mol. The van der Waals surface area contributed by atoms with E-state index in [2.05, 4.69) is 41.8 Å². The highest BCUT2D eigenvalue weighted by molar-refractivity contribution is 9.13. The SMILES string of the molecule is Cc1c(-c2ccccn2)ncc(Br)c1Br. The Morgan fingerprint density at radius 1 is 1.13 bits per heavy atom. The lowest BCUT2D eigenvalue weighted by atomic mass is 10.1. The third kappa shape index (κ3) is 2.11. The molecule has 15 heavy (non-hydrogen) atoms. The molecule has 0 unspecified atom stereocenters. The van der Waals surface area contributed by atoms with Gasteiger partial charge in [-0.3, -0.25) is 9.97 Å². The fourth-order valence-electron chi connectivity index (χ4n) is 1.32. The second-order valence-electron chi connectivity index (χ2n) is 3.11. The summed E-state index contributed by atoms with van der Waals surface area (Å²) >= 11 is 6.94. The molecule has 0 radical (unpaired) electrons. The van der Waals surface area contributed by atoms with E-state index in [0.717, 1.165) is 25.9 Å². The van der Waals surface area contributed by atoms with E-state index >= 15 is 0 Å². The summed E-state index contributed by atoms with van der Waals surface area (Å²) in [5.74, 6) is 0. The summed E-state index contributed by atoms with van der Waals surface area (Å²) in [6.07, 6.45) is 3.55. The predicted octanol–water partition coefficient (Wildman–Crippen LogP) is 3.98. The first kappa shape index (κ1) is 10.8. The van der Waals surface area contributed by atoms with Crippen molar-refractivity contribution in [1.82, 2.24) is 9.97 Å². The van der Waals surface area contributed by atoms with Crippen molar-refractivity contribution in [1.29, 1.82) is 0 Å². The zero-order chi connectivity index (χ0) is 10.8. The summed E-state index contributed by atoms with van der Waals surface area (Å²) < 4.78 is 1.98. The number of pyridine rings is 2. The lowest BCUT2D eigenvalue weighted by Gasteiger charge is -2.07. The lowest BCUT2D eigenvalue weighted by Crippen LogP contribution is -1.92. The molecule has 0 N–H and O–H groups in total. The van der Waals surface area contributed by atoms with Gasteiger partial charge in [-0.25, -0.2) is 0 Å². The summed E-state index contributed by atoms with van der Waals surface area (Å²) in [6.45, 7) is 2.02. The van der Waals surface area contributed by atoms with Crippen LogP contribution in [0.25, 0.3) is 11.4 Å². The number of aromatic nitrogens is 2. The first-order valence-corrected chi connectivity index (χ1v) is 6.00. The van der Waals surface area contributed by atoms with Crippen molar-refractivity contribution in [2.75, 3.05) is 0 Å². The second-order valence-corrected chi connectivity index (χ2v) is 4.76. The molecular weight excluding hydrogens is 320 g/mol. The molecule has 2 heterocycles. The zero-order valence-electron chi connectivity index (χ0n) is 8.04. The number of nitrogens with zero attached hydrogens (tertiary/aromatic N) is 2. The van der Waals surface area contributed by atoms with Gasteiger partial charge in [0.25, 0.3) is 0 Å². The maximum absolute atomic E-state index is 4.37. The molecule has 0 bridgehead atoms. The van der Waals surface area contributed by atoms with E-state index in [1.807, 2.05) is 25.1 Å². The van der Waals surface area contributed by atoms with Crippen LogP contribution < -0.4 is 0 Å². The minimum Gasteiger partial charge on any atom is -0.255 e. The Morgan fingerprint density at radius 3 is 2.60 bits per heavy atom.